The zero-order chi connectivity index (χ0) is 13.5. The summed E-state index contributed by atoms with van der Waals surface area (Å²) in [6.07, 6.45) is 1.90. The van der Waals surface area contributed by atoms with E-state index < -0.39 is 0 Å². The summed E-state index contributed by atoms with van der Waals surface area (Å²) in [4.78, 5) is 14.0. The van der Waals surface area contributed by atoms with Gasteiger partial charge in [-0.2, -0.15) is 0 Å². The Labute approximate surface area is 120 Å². The summed E-state index contributed by atoms with van der Waals surface area (Å²) < 4.78 is 10.6. The van der Waals surface area contributed by atoms with E-state index >= 15 is 0 Å². The van der Waals surface area contributed by atoms with Crippen LogP contribution in [0.15, 0.2) is 52.3 Å². The number of carbonyl (C=O) groups excluding carboxylic acids is 1. The average Bonchev–Trinajstić information content (AvgIpc) is 3.05. The van der Waals surface area contributed by atoms with E-state index in [-0.39, 0.29) is 12.6 Å². The van der Waals surface area contributed by atoms with Gasteiger partial charge in [-0.15, -0.1) is 0 Å². The van der Waals surface area contributed by atoms with Crippen LogP contribution in [-0.4, -0.2) is 12.6 Å². The molecule has 0 spiro atoms. The number of Topliss-reactive ketones (excluding diaryl/α,β-unsaturated/α-hetero) is 1. The van der Waals surface area contributed by atoms with Crippen LogP contribution in [0.25, 0.3) is 6.08 Å². The molecule has 0 N–H and O–H groups in total. The van der Waals surface area contributed by atoms with Crippen LogP contribution in [0.5, 0.6) is 11.5 Å². The highest BCUT2D eigenvalue weighted by molar-refractivity contribution is 8.04. The van der Waals surface area contributed by atoms with Crippen molar-refractivity contribution in [1.29, 1.82) is 0 Å². The van der Waals surface area contributed by atoms with E-state index in [1.165, 1.54) is 11.8 Å². The summed E-state index contributed by atoms with van der Waals surface area (Å²) in [6, 6.07) is 13.4. The summed E-state index contributed by atoms with van der Waals surface area (Å²) >= 11 is 1.51. The predicted molar refractivity (Wildman–Crippen MR) is 77.2 cm³/mol. The van der Waals surface area contributed by atoms with Gasteiger partial charge in [0.05, 0.1) is 4.91 Å². The van der Waals surface area contributed by atoms with Gasteiger partial charge in [-0.25, -0.2) is 0 Å². The molecule has 0 radical (unpaired) electrons. The molecule has 0 bridgehead atoms. The lowest BCUT2D eigenvalue weighted by molar-refractivity contribution is 0.104. The van der Waals surface area contributed by atoms with Gasteiger partial charge < -0.3 is 9.47 Å². The Hall–Kier alpha value is -2.20. The van der Waals surface area contributed by atoms with Crippen molar-refractivity contribution in [1.82, 2.24) is 0 Å². The Balaban J connectivity index is 1.71. The van der Waals surface area contributed by atoms with E-state index in [1.54, 1.807) is 0 Å². The van der Waals surface area contributed by atoms with Crippen molar-refractivity contribution >= 4 is 23.6 Å². The van der Waals surface area contributed by atoms with Crippen LogP contribution in [0, 0.1) is 0 Å². The minimum absolute atomic E-state index is 0.0864. The summed E-state index contributed by atoms with van der Waals surface area (Å²) in [7, 11) is 0. The van der Waals surface area contributed by atoms with Gasteiger partial charge in [0.2, 0.25) is 12.6 Å². The largest absolute Gasteiger partial charge is 0.454 e. The highest BCUT2D eigenvalue weighted by Gasteiger charge is 2.25. The number of hydrogen-bond donors (Lipinski definition) is 0. The molecule has 0 amide bonds. The lowest BCUT2D eigenvalue weighted by atomic mass is 10.1. The van der Waals surface area contributed by atoms with Gasteiger partial charge in [0.25, 0.3) is 0 Å². The van der Waals surface area contributed by atoms with Crippen LogP contribution in [0.1, 0.15) is 15.9 Å². The van der Waals surface area contributed by atoms with Crippen LogP contribution in [0.3, 0.4) is 0 Å². The van der Waals surface area contributed by atoms with Crippen molar-refractivity contribution in [2.75, 3.05) is 6.79 Å². The molecule has 4 heteroatoms. The highest BCUT2D eigenvalue weighted by atomic mass is 32.2. The quantitative estimate of drug-likeness (QED) is 0.746. The van der Waals surface area contributed by atoms with Crippen molar-refractivity contribution in [2.45, 2.75) is 4.90 Å². The van der Waals surface area contributed by atoms with Gasteiger partial charge in [0.15, 0.2) is 11.5 Å². The number of thioether (sulfide) groups is 1. The molecule has 2 aromatic carbocycles. The van der Waals surface area contributed by atoms with Crippen LogP contribution in [0.4, 0.5) is 0 Å². The van der Waals surface area contributed by atoms with Gasteiger partial charge in [-0.3, -0.25) is 4.79 Å². The SMILES string of the molecule is O=C1/C(=C\c2ccc3c(c2)OCO3)Sc2ccccc21. The second kappa shape index (κ2) is 4.42. The zero-order valence-corrected chi connectivity index (χ0v) is 11.3. The number of rotatable bonds is 1. The molecular weight excluding hydrogens is 272 g/mol. The molecule has 4 rings (SSSR count). The van der Waals surface area contributed by atoms with Gasteiger partial charge in [-0.1, -0.05) is 30.0 Å². The lowest BCUT2D eigenvalue weighted by Crippen LogP contribution is -1.93. The molecule has 0 saturated heterocycles. The third kappa shape index (κ3) is 1.80. The van der Waals surface area contributed by atoms with Crippen molar-refractivity contribution in [3.05, 3.63) is 58.5 Å². The molecule has 2 heterocycles. The first kappa shape index (κ1) is 11.6. The average molecular weight is 282 g/mol. The molecule has 0 unspecified atom stereocenters. The maximum atomic E-state index is 12.3. The monoisotopic (exact) mass is 282 g/mol. The maximum absolute atomic E-state index is 12.3. The highest BCUT2D eigenvalue weighted by Crippen LogP contribution is 2.41. The second-order valence-electron chi connectivity index (χ2n) is 4.55. The Bertz CT molecular complexity index is 749. The molecular formula is C16H10O3S. The lowest BCUT2D eigenvalue weighted by Gasteiger charge is -1.99. The first-order valence-corrected chi connectivity index (χ1v) is 7.06. The molecule has 0 saturated carbocycles. The summed E-state index contributed by atoms with van der Waals surface area (Å²) in [5, 5.41) is 0. The van der Waals surface area contributed by atoms with Crippen molar-refractivity contribution in [2.24, 2.45) is 0 Å². The molecule has 2 aromatic rings. The number of fused-ring (bicyclic) bond motifs is 2. The van der Waals surface area contributed by atoms with Crippen LogP contribution >= 0.6 is 11.8 Å². The van der Waals surface area contributed by atoms with Gasteiger partial charge >= 0.3 is 0 Å². The predicted octanol–water partition coefficient (Wildman–Crippen LogP) is 3.74. The molecule has 0 aromatic heterocycles. The summed E-state index contributed by atoms with van der Waals surface area (Å²) in [5.74, 6) is 1.57. The van der Waals surface area contributed by atoms with Crippen LogP contribution in [-0.2, 0) is 0 Å². The fourth-order valence-electron chi connectivity index (χ4n) is 2.29. The molecule has 20 heavy (non-hydrogen) atoms. The van der Waals surface area contributed by atoms with Crippen molar-refractivity contribution < 1.29 is 14.3 Å². The number of ether oxygens (including phenoxy) is 2. The van der Waals surface area contributed by atoms with Gasteiger partial charge in [0.1, 0.15) is 0 Å². The van der Waals surface area contributed by atoms with E-state index in [9.17, 15) is 4.79 Å². The molecule has 2 aliphatic rings. The third-order valence-corrected chi connectivity index (χ3v) is 4.37. The second-order valence-corrected chi connectivity index (χ2v) is 5.63. The number of allylic oxidation sites excluding steroid dienone is 1. The Kier molecular flexibility index (Phi) is 2.57. The minimum Gasteiger partial charge on any atom is -0.454 e. The number of hydrogen-bond acceptors (Lipinski definition) is 4. The fourth-order valence-corrected chi connectivity index (χ4v) is 3.34. The van der Waals surface area contributed by atoms with E-state index in [4.69, 9.17) is 9.47 Å². The number of benzene rings is 2. The van der Waals surface area contributed by atoms with Crippen molar-refractivity contribution in [3.63, 3.8) is 0 Å². The van der Waals surface area contributed by atoms with Crippen LogP contribution < -0.4 is 9.47 Å². The molecule has 3 nitrogen and oxygen atoms in total. The third-order valence-electron chi connectivity index (χ3n) is 3.27. The van der Waals surface area contributed by atoms with E-state index in [2.05, 4.69) is 0 Å². The Morgan fingerprint density at radius 1 is 1.05 bits per heavy atom. The number of ketones is 1. The van der Waals surface area contributed by atoms with E-state index in [1.807, 2.05) is 48.5 Å². The normalized spacial score (nSPS) is 17.6. The molecule has 0 aliphatic carbocycles. The topological polar surface area (TPSA) is 35.5 Å². The maximum Gasteiger partial charge on any atom is 0.231 e. The molecule has 0 atom stereocenters. The molecule has 2 aliphatic heterocycles. The summed E-state index contributed by atoms with van der Waals surface area (Å²) in [6.45, 7) is 0.258. The smallest absolute Gasteiger partial charge is 0.231 e. The Morgan fingerprint density at radius 2 is 1.90 bits per heavy atom. The van der Waals surface area contributed by atoms with E-state index in [0.29, 0.717) is 0 Å². The van der Waals surface area contributed by atoms with Crippen molar-refractivity contribution in [3.8, 4) is 11.5 Å². The first-order valence-electron chi connectivity index (χ1n) is 6.24. The van der Waals surface area contributed by atoms with E-state index in [0.717, 1.165) is 32.4 Å². The van der Waals surface area contributed by atoms with Crippen LogP contribution in [0.2, 0.25) is 0 Å². The van der Waals surface area contributed by atoms with Gasteiger partial charge in [-0.05, 0) is 35.9 Å². The number of carbonyl (C=O) groups is 1. The zero-order valence-electron chi connectivity index (χ0n) is 10.5. The van der Waals surface area contributed by atoms with Gasteiger partial charge in [0, 0.05) is 10.5 Å². The minimum atomic E-state index is 0.0864. The Morgan fingerprint density at radius 3 is 2.80 bits per heavy atom. The molecule has 98 valence electrons. The fraction of sp³-hybridized carbons (Fsp3) is 0.0625. The summed E-state index contributed by atoms with van der Waals surface area (Å²) in [5.41, 5.74) is 1.72. The first-order chi connectivity index (χ1) is 9.81. The molecule has 0 fully saturated rings. The standard InChI is InChI=1S/C16H10O3S/c17-16-11-3-1-2-4-14(11)20-15(16)8-10-5-6-12-13(7-10)19-9-18-12/h1-8H,9H2/b15-8+.